The van der Waals surface area contributed by atoms with E-state index in [4.69, 9.17) is 0 Å². The number of hydrogen-bond donors (Lipinski definition) is 0. The van der Waals surface area contributed by atoms with Crippen molar-refractivity contribution in [2.45, 2.75) is 12.8 Å². The fraction of sp³-hybridized carbons (Fsp3) is 0.273. The molecule has 0 fully saturated rings. The molecule has 80 valence electrons. The van der Waals surface area contributed by atoms with Crippen LogP contribution in [0.1, 0.15) is 12.0 Å². The van der Waals surface area contributed by atoms with E-state index in [0.29, 0.717) is 0 Å². The van der Waals surface area contributed by atoms with E-state index in [-0.39, 0.29) is 6.42 Å². The van der Waals surface area contributed by atoms with Crippen LogP contribution < -0.4 is 10.2 Å². The summed E-state index contributed by atoms with van der Waals surface area (Å²) in [5.74, 6) is -3.76. The van der Waals surface area contributed by atoms with Crippen molar-refractivity contribution in [3.05, 3.63) is 35.9 Å². The Labute approximate surface area is 87.2 Å². The molecule has 0 heterocycles. The molecule has 1 aromatic carbocycles. The number of carboxylic acids is 2. The highest BCUT2D eigenvalue weighted by molar-refractivity contribution is 5.75. The summed E-state index contributed by atoms with van der Waals surface area (Å²) in [4.78, 5) is 20.9. The minimum absolute atomic E-state index is 0.150. The van der Waals surface area contributed by atoms with Gasteiger partial charge in [0.1, 0.15) is 0 Å². The summed E-state index contributed by atoms with van der Waals surface area (Å²) >= 11 is 0. The quantitative estimate of drug-likeness (QED) is 0.602. The molecule has 4 nitrogen and oxygen atoms in total. The van der Waals surface area contributed by atoms with Gasteiger partial charge in [0.05, 0.1) is 0 Å². The lowest BCUT2D eigenvalue weighted by atomic mass is 9.96. The molecule has 1 aromatic rings. The fourth-order valence-electron chi connectivity index (χ4n) is 1.34. The van der Waals surface area contributed by atoms with Crippen LogP contribution >= 0.6 is 0 Å². The van der Waals surface area contributed by atoms with Gasteiger partial charge in [-0.05, 0) is 18.4 Å². The number of carboxylic acid groups (broad SMARTS) is 2. The summed E-state index contributed by atoms with van der Waals surface area (Å²) in [6, 6.07) is 8.81. The number of aliphatic carboxylic acids is 2. The van der Waals surface area contributed by atoms with Crippen molar-refractivity contribution in [2.75, 3.05) is 0 Å². The van der Waals surface area contributed by atoms with Crippen molar-refractivity contribution in [2.24, 2.45) is 5.92 Å². The largest absolute Gasteiger partial charge is 0.550 e. The van der Waals surface area contributed by atoms with Gasteiger partial charge in [0.25, 0.3) is 0 Å². The molecule has 15 heavy (non-hydrogen) atoms. The molecular weight excluding hydrogens is 196 g/mol. The molecule has 0 aliphatic carbocycles. The zero-order valence-electron chi connectivity index (χ0n) is 8.01. The zero-order chi connectivity index (χ0) is 11.3. The first-order valence-corrected chi connectivity index (χ1v) is 4.54. The van der Waals surface area contributed by atoms with Gasteiger partial charge < -0.3 is 19.8 Å². The third-order valence-corrected chi connectivity index (χ3v) is 2.07. The van der Waals surface area contributed by atoms with Crippen LogP contribution in [0.4, 0.5) is 0 Å². The molecule has 0 aliphatic rings. The molecule has 0 amide bonds. The van der Waals surface area contributed by atoms with Gasteiger partial charge in [0.15, 0.2) is 0 Å². The van der Waals surface area contributed by atoms with E-state index in [2.05, 4.69) is 0 Å². The molecule has 1 atom stereocenters. The molecule has 0 bridgehead atoms. The minimum atomic E-state index is -1.37. The van der Waals surface area contributed by atoms with Crippen LogP contribution in [0.2, 0.25) is 0 Å². The van der Waals surface area contributed by atoms with Crippen molar-refractivity contribution < 1.29 is 19.8 Å². The second-order valence-corrected chi connectivity index (χ2v) is 3.28. The van der Waals surface area contributed by atoms with Crippen molar-refractivity contribution in [1.29, 1.82) is 0 Å². The van der Waals surface area contributed by atoms with Crippen molar-refractivity contribution in [1.82, 2.24) is 0 Å². The van der Waals surface area contributed by atoms with Crippen LogP contribution in [0.15, 0.2) is 30.3 Å². The van der Waals surface area contributed by atoms with Crippen LogP contribution in [0.25, 0.3) is 0 Å². The van der Waals surface area contributed by atoms with E-state index in [9.17, 15) is 19.8 Å². The predicted octanol–water partition coefficient (Wildman–Crippen LogP) is -1.26. The second kappa shape index (κ2) is 5.14. The zero-order valence-corrected chi connectivity index (χ0v) is 8.01. The molecule has 0 saturated heterocycles. The first-order valence-electron chi connectivity index (χ1n) is 4.54. The normalized spacial score (nSPS) is 12.0. The Bertz CT molecular complexity index is 345. The third-order valence-electron chi connectivity index (χ3n) is 2.07. The number of rotatable bonds is 5. The average Bonchev–Trinajstić information content (AvgIpc) is 2.17. The van der Waals surface area contributed by atoms with E-state index in [0.717, 1.165) is 5.56 Å². The van der Waals surface area contributed by atoms with Gasteiger partial charge in [-0.2, -0.15) is 0 Å². The highest BCUT2D eigenvalue weighted by Gasteiger charge is 2.11. The lowest BCUT2D eigenvalue weighted by Gasteiger charge is -2.18. The van der Waals surface area contributed by atoms with Gasteiger partial charge in [0.2, 0.25) is 0 Å². The van der Waals surface area contributed by atoms with Crippen molar-refractivity contribution in [3.63, 3.8) is 0 Å². The van der Waals surface area contributed by atoms with Gasteiger partial charge in [-0.25, -0.2) is 0 Å². The van der Waals surface area contributed by atoms with Gasteiger partial charge in [-0.1, -0.05) is 30.3 Å². The first-order chi connectivity index (χ1) is 7.09. The van der Waals surface area contributed by atoms with Gasteiger partial charge in [0, 0.05) is 17.9 Å². The Balaban J connectivity index is 2.67. The monoisotopic (exact) mass is 206 g/mol. The second-order valence-electron chi connectivity index (χ2n) is 3.28. The number of benzene rings is 1. The SMILES string of the molecule is O=C([O-])CC(Cc1ccccc1)C(=O)[O-]. The molecular formula is C11H10O4-2. The molecule has 4 heteroatoms. The topological polar surface area (TPSA) is 80.3 Å². The van der Waals surface area contributed by atoms with Crippen molar-refractivity contribution in [3.8, 4) is 0 Å². The van der Waals surface area contributed by atoms with Crippen LogP contribution in [-0.4, -0.2) is 11.9 Å². The van der Waals surface area contributed by atoms with E-state index < -0.39 is 24.3 Å². The standard InChI is InChI=1S/C11H12O4/c12-10(13)7-9(11(14)15)6-8-4-2-1-3-5-8/h1-5,9H,6-7H2,(H,12,13)(H,14,15)/p-2. The van der Waals surface area contributed by atoms with Crippen LogP contribution in [-0.2, 0) is 16.0 Å². The maximum Gasteiger partial charge on any atom is 0.0452 e. The van der Waals surface area contributed by atoms with Gasteiger partial charge in [-0.15, -0.1) is 0 Å². The first kappa shape index (κ1) is 11.2. The van der Waals surface area contributed by atoms with E-state index in [1.807, 2.05) is 0 Å². The number of carbonyl (C=O) groups is 2. The molecule has 0 saturated carbocycles. The Kier molecular flexibility index (Phi) is 3.85. The van der Waals surface area contributed by atoms with Crippen molar-refractivity contribution >= 4 is 11.9 Å². The highest BCUT2D eigenvalue weighted by atomic mass is 16.4. The summed E-state index contributed by atoms with van der Waals surface area (Å²) < 4.78 is 0. The Morgan fingerprint density at radius 1 is 1.13 bits per heavy atom. The molecule has 0 radical (unpaired) electrons. The molecule has 0 spiro atoms. The summed E-state index contributed by atoms with van der Waals surface area (Å²) in [5.41, 5.74) is 0.771. The average molecular weight is 206 g/mol. The molecule has 1 unspecified atom stereocenters. The van der Waals surface area contributed by atoms with Crippen LogP contribution in [0.5, 0.6) is 0 Å². The maximum absolute atomic E-state index is 10.6. The molecule has 1 rings (SSSR count). The summed E-state index contributed by atoms with van der Waals surface area (Å²) in [5, 5.41) is 20.9. The van der Waals surface area contributed by atoms with Gasteiger partial charge >= 0.3 is 0 Å². The van der Waals surface area contributed by atoms with Crippen LogP contribution in [0.3, 0.4) is 0 Å². The Morgan fingerprint density at radius 3 is 2.20 bits per heavy atom. The van der Waals surface area contributed by atoms with E-state index in [1.165, 1.54) is 0 Å². The highest BCUT2D eigenvalue weighted by Crippen LogP contribution is 2.11. The lowest BCUT2D eigenvalue weighted by molar-refractivity contribution is -0.320. The Morgan fingerprint density at radius 2 is 1.73 bits per heavy atom. The third kappa shape index (κ3) is 3.81. The molecule has 0 aromatic heterocycles. The van der Waals surface area contributed by atoms with Gasteiger partial charge in [-0.3, -0.25) is 0 Å². The predicted molar refractivity (Wildman–Crippen MR) is 48.3 cm³/mol. The summed E-state index contributed by atoms with van der Waals surface area (Å²) in [6.07, 6.45) is -0.367. The number of hydrogen-bond acceptors (Lipinski definition) is 4. The molecule has 0 aliphatic heterocycles. The summed E-state index contributed by atoms with van der Waals surface area (Å²) in [6.45, 7) is 0. The lowest BCUT2D eigenvalue weighted by Crippen LogP contribution is -2.37. The fourth-order valence-corrected chi connectivity index (χ4v) is 1.34. The minimum Gasteiger partial charge on any atom is -0.550 e. The number of carbonyl (C=O) groups excluding carboxylic acids is 2. The Hall–Kier alpha value is -1.84. The summed E-state index contributed by atoms with van der Waals surface area (Å²) in [7, 11) is 0. The molecule has 0 N–H and O–H groups in total. The van der Waals surface area contributed by atoms with E-state index >= 15 is 0 Å². The maximum atomic E-state index is 10.6. The smallest absolute Gasteiger partial charge is 0.0452 e. The van der Waals surface area contributed by atoms with Crippen LogP contribution in [0, 0.1) is 5.92 Å². The van der Waals surface area contributed by atoms with E-state index in [1.54, 1.807) is 30.3 Å².